The van der Waals surface area contributed by atoms with Gasteiger partial charge in [-0.3, -0.25) is 0 Å². The Morgan fingerprint density at radius 2 is 1.77 bits per heavy atom. The Morgan fingerprint density at radius 3 is 2.54 bits per heavy atom. The summed E-state index contributed by atoms with van der Waals surface area (Å²) in [7, 11) is 0. The van der Waals surface area contributed by atoms with Gasteiger partial charge in [0.25, 0.3) is 0 Å². The minimum Gasteiger partial charge on any atom is -0.494 e. The molecule has 0 aromatic heterocycles. The van der Waals surface area contributed by atoms with Gasteiger partial charge in [-0.1, -0.05) is 23.7 Å². The fourth-order valence-electron chi connectivity index (χ4n) is 2.35. The largest absolute Gasteiger partial charge is 0.494 e. The van der Waals surface area contributed by atoms with Crippen LogP contribution in [0.25, 0.3) is 0 Å². The molecule has 0 atom stereocenters. The zero-order valence-electron chi connectivity index (χ0n) is 14.6. The fourth-order valence-corrected chi connectivity index (χ4v) is 3.53. The summed E-state index contributed by atoms with van der Waals surface area (Å²) in [4.78, 5) is 12.0. The minimum absolute atomic E-state index is 0.385. The Balaban J connectivity index is 1.47. The third-order valence-electron chi connectivity index (χ3n) is 3.70. The lowest BCUT2D eigenvalue weighted by Crippen LogP contribution is -2.18. The molecule has 26 heavy (non-hydrogen) atoms. The Hall–Kier alpha value is -1.69. The van der Waals surface area contributed by atoms with Gasteiger partial charge in [-0.2, -0.15) is 0 Å². The molecule has 0 saturated carbocycles. The highest BCUT2D eigenvalue weighted by molar-refractivity contribution is 7.99. The van der Waals surface area contributed by atoms with E-state index in [9.17, 15) is 4.79 Å². The quantitative estimate of drug-likeness (QED) is 0.394. The maximum absolute atomic E-state index is 11.1. The number of benzene rings is 2. The van der Waals surface area contributed by atoms with E-state index in [4.69, 9.17) is 21.4 Å². The van der Waals surface area contributed by atoms with Crippen molar-refractivity contribution in [2.75, 3.05) is 25.4 Å². The topological polar surface area (TPSA) is 58.6 Å². The molecule has 0 aliphatic rings. The SMILES string of the molecule is O=C(O)c1ccccc1SCCCCNCCCOc1ccc(Cl)cc1. The molecule has 0 saturated heterocycles. The van der Waals surface area contributed by atoms with Crippen LogP contribution in [0, 0.1) is 0 Å². The lowest BCUT2D eigenvalue weighted by atomic mass is 10.2. The van der Waals surface area contributed by atoms with E-state index in [1.165, 1.54) is 0 Å². The number of ether oxygens (including phenoxy) is 1. The molecular formula is C20H24ClNO3S. The van der Waals surface area contributed by atoms with Crippen molar-refractivity contribution in [2.24, 2.45) is 0 Å². The summed E-state index contributed by atoms with van der Waals surface area (Å²) in [6.45, 7) is 2.56. The normalized spacial score (nSPS) is 10.7. The van der Waals surface area contributed by atoms with Gasteiger partial charge in [0.05, 0.1) is 12.2 Å². The molecule has 0 heterocycles. The lowest BCUT2D eigenvalue weighted by molar-refractivity contribution is 0.0693. The van der Waals surface area contributed by atoms with Crippen molar-refractivity contribution in [1.29, 1.82) is 0 Å². The van der Waals surface area contributed by atoms with Crippen molar-refractivity contribution in [1.82, 2.24) is 5.32 Å². The molecule has 0 amide bonds. The molecule has 0 radical (unpaired) electrons. The second-order valence-electron chi connectivity index (χ2n) is 5.76. The van der Waals surface area contributed by atoms with Crippen molar-refractivity contribution in [3.63, 3.8) is 0 Å². The van der Waals surface area contributed by atoms with E-state index < -0.39 is 5.97 Å². The van der Waals surface area contributed by atoms with Gasteiger partial charge in [0.15, 0.2) is 0 Å². The number of carboxylic acid groups (broad SMARTS) is 1. The van der Waals surface area contributed by atoms with Crippen LogP contribution in [0.5, 0.6) is 5.75 Å². The summed E-state index contributed by atoms with van der Waals surface area (Å²) in [6, 6.07) is 14.5. The zero-order chi connectivity index (χ0) is 18.6. The second kappa shape index (κ2) is 11.8. The van der Waals surface area contributed by atoms with Gasteiger partial charge in [-0.15, -0.1) is 11.8 Å². The maximum Gasteiger partial charge on any atom is 0.336 e. The number of rotatable bonds is 12. The van der Waals surface area contributed by atoms with E-state index in [0.29, 0.717) is 17.2 Å². The smallest absolute Gasteiger partial charge is 0.336 e. The Kier molecular flexibility index (Phi) is 9.39. The van der Waals surface area contributed by atoms with Crippen LogP contribution in [0.15, 0.2) is 53.4 Å². The monoisotopic (exact) mass is 393 g/mol. The highest BCUT2D eigenvalue weighted by Crippen LogP contribution is 2.23. The van der Waals surface area contributed by atoms with Crippen LogP contribution in [0.3, 0.4) is 0 Å². The molecule has 140 valence electrons. The molecule has 0 bridgehead atoms. The van der Waals surface area contributed by atoms with Gasteiger partial charge in [0, 0.05) is 9.92 Å². The van der Waals surface area contributed by atoms with Gasteiger partial charge < -0.3 is 15.2 Å². The molecule has 2 aromatic carbocycles. The molecule has 0 aliphatic carbocycles. The molecular weight excluding hydrogens is 370 g/mol. The summed E-state index contributed by atoms with van der Waals surface area (Å²) < 4.78 is 5.64. The van der Waals surface area contributed by atoms with E-state index in [1.807, 2.05) is 36.4 Å². The number of aromatic carboxylic acids is 1. The molecule has 2 aromatic rings. The number of hydrogen-bond donors (Lipinski definition) is 2. The van der Waals surface area contributed by atoms with Crippen molar-refractivity contribution in [3.05, 3.63) is 59.1 Å². The number of carboxylic acids is 1. The number of carbonyl (C=O) groups is 1. The highest BCUT2D eigenvalue weighted by Gasteiger charge is 2.08. The zero-order valence-corrected chi connectivity index (χ0v) is 16.2. The third-order valence-corrected chi connectivity index (χ3v) is 5.11. The molecule has 2 rings (SSSR count). The maximum atomic E-state index is 11.1. The van der Waals surface area contributed by atoms with Gasteiger partial charge in [0.2, 0.25) is 0 Å². The van der Waals surface area contributed by atoms with Gasteiger partial charge in [-0.05, 0) is 74.5 Å². The van der Waals surface area contributed by atoms with Crippen molar-refractivity contribution >= 4 is 29.3 Å². The van der Waals surface area contributed by atoms with E-state index >= 15 is 0 Å². The van der Waals surface area contributed by atoms with Crippen LogP contribution in [0.4, 0.5) is 0 Å². The van der Waals surface area contributed by atoms with Gasteiger partial charge in [0.1, 0.15) is 5.75 Å². The van der Waals surface area contributed by atoms with E-state index in [1.54, 1.807) is 23.9 Å². The van der Waals surface area contributed by atoms with Crippen molar-refractivity contribution in [2.45, 2.75) is 24.2 Å². The Bertz CT molecular complexity index is 679. The minimum atomic E-state index is -0.865. The van der Waals surface area contributed by atoms with Crippen molar-refractivity contribution < 1.29 is 14.6 Å². The molecule has 6 heteroatoms. The molecule has 0 aliphatic heterocycles. The highest BCUT2D eigenvalue weighted by atomic mass is 35.5. The number of nitrogens with one attached hydrogen (secondary N) is 1. The number of halogens is 1. The van der Waals surface area contributed by atoms with E-state index in [0.717, 1.165) is 48.7 Å². The lowest BCUT2D eigenvalue weighted by Gasteiger charge is -2.08. The average Bonchev–Trinajstić information content (AvgIpc) is 2.65. The third kappa shape index (κ3) is 7.68. The van der Waals surface area contributed by atoms with Crippen LogP contribution < -0.4 is 10.1 Å². The van der Waals surface area contributed by atoms with E-state index in [2.05, 4.69) is 5.32 Å². The standard InChI is InChI=1S/C20H24ClNO3S/c21-16-8-10-17(11-9-16)25-14-5-13-22-12-3-4-15-26-19-7-2-1-6-18(19)20(23)24/h1-2,6-11,22H,3-5,12-15H2,(H,23,24). The van der Waals surface area contributed by atoms with Crippen molar-refractivity contribution in [3.8, 4) is 5.75 Å². The first kappa shape index (κ1) is 20.6. The fraction of sp³-hybridized carbons (Fsp3) is 0.350. The number of hydrogen-bond acceptors (Lipinski definition) is 4. The van der Waals surface area contributed by atoms with Crippen LogP contribution >= 0.6 is 23.4 Å². The first-order valence-electron chi connectivity index (χ1n) is 8.71. The molecule has 2 N–H and O–H groups in total. The van der Waals surface area contributed by atoms with E-state index in [-0.39, 0.29) is 0 Å². The summed E-state index contributed by atoms with van der Waals surface area (Å²) in [5, 5.41) is 13.3. The van der Waals surface area contributed by atoms with Crippen LogP contribution in [-0.2, 0) is 0 Å². The summed E-state index contributed by atoms with van der Waals surface area (Å²) in [6.07, 6.45) is 3.07. The molecule has 0 spiro atoms. The second-order valence-corrected chi connectivity index (χ2v) is 7.34. The van der Waals surface area contributed by atoms with Crippen LogP contribution in [-0.4, -0.2) is 36.5 Å². The predicted octanol–water partition coefficient (Wildman–Crippen LogP) is 4.97. The number of unbranched alkanes of at least 4 members (excludes halogenated alkanes) is 1. The summed E-state index contributed by atoms with van der Waals surface area (Å²) >= 11 is 7.44. The first-order chi connectivity index (χ1) is 12.7. The van der Waals surface area contributed by atoms with Gasteiger partial charge >= 0.3 is 5.97 Å². The molecule has 0 fully saturated rings. The Morgan fingerprint density at radius 1 is 1.04 bits per heavy atom. The summed E-state index contributed by atoms with van der Waals surface area (Å²) in [5.41, 5.74) is 0.385. The molecule has 4 nitrogen and oxygen atoms in total. The average molecular weight is 394 g/mol. The summed E-state index contributed by atoms with van der Waals surface area (Å²) in [5.74, 6) is 0.898. The van der Waals surface area contributed by atoms with Crippen LogP contribution in [0.1, 0.15) is 29.6 Å². The number of thioether (sulfide) groups is 1. The first-order valence-corrected chi connectivity index (χ1v) is 10.1. The van der Waals surface area contributed by atoms with Crippen LogP contribution in [0.2, 0.25) is 5.02 Å². The van der Waals surface area contributed by atoms with Gasteiger partial charge in [-0.25, -0.2) is 4.79 Å². The predicted molar refractivity (Wildman–Crippen MR) is 108 cm³/mol. The molecule has 0 unspecified atom stereocenters. The Labute approximate surface area is 163 Å².